The van der Waals surface area contributed by atoms with Gasteiger partial charge in [-0.05, 0) is 26.0 Å². The lowest BCUT2D eigenvalue weighted by molar-refractivity contribution is 0.108. The van der Waals surface area contributed by atoms with Gasteiger partial charge < -0.3 is 15.2 Å². The highest BCUT2D eigenvalue weighted by molar-refractivity contribution is 5.64. The maximum Gasteiger partial charge on any atom is 0.404 e. The number of hydrogen-bond donors (Lipinski definition) is 2. The van der Waals surface area contributed by atoms with Crippen LogP contribution in [0.2, 0.25) is 0 Å². The molecule has 1 unspecified atom stereocenters. The van der Waals surface area contributed by atoms with Crippen molar-refractivity contribution in [2.75, 3.05) is 6.54 Å². The minimum atomic E-state index is -1.12. The van der Waals surface area contributed by atoms with Gasteiger partial charge in [0.25, 0.3) is 0 Å². The molecule has 2 heterocycles. The Bertz CT molecular complexity index is 462. The topological polar surface area (TPSA) is 71.5 Å². The molecule has 1 aliphatic rings. The van der Waals surface area contributed by atoms with Crippen molar-refractivity contribution in [3.05, 3.63) is 23.8 Å². The third-order valence-corrected chi connectivity index (χ3v) is 2.85. The first-order chi connectivity index (χ1) is 7.90. The number of nitrogens with one attached hydrogen (secondary N) is 1. The van der Waals surface area contributed by atoms with Crippen LogP contribution in [0.5, 0.6) is 5.75 Å². The maximum atomic E-state index is 13.1. The van der Waals surface area contributed by atoms with Gasteiger partial charge in [-0.15, -0.1) is 0 Å². The van der Waals surface area contributed by atoms with Crippen molar-refractivity contribution in [3.63, 3.8) is 0 Å². The predicted molar refractivity (Wildman–Crippen MR) is 57.7 cm³/mol. The number of hydrogen-bond acceptors (Lipinski definition) is 3. The molecule has 1 aromatic rings. The van der Waals surface area contributed by atoms with Crippen molar-refractivity contribution >= 4 is 6.09 Å². The van der Waals surface area contributed by atoms with Gasteiger partial charge in [0.2, 0.25) is 5.95 Å². The molecule has 1 aromatic heterocycles. The Labute approximate surface area is 97.6 Å². The second-order valence-electron chi connectivity index (χ2n) is 4.46. The van der Waals surface area contributed by atoms with E-state index in [9.17, 15) is 9.18 Å². The van der Waals surface area contributed by atoms with Crippen molar-refractivity contribution in [3.8, 4) is 5.75 Å². The number of carboxylic acid groups (broad SMARTS) is 1. The summed E-state index contributed by atoms with van der Waals surface area (Å²) in [4.78, 5) is 14.3. The first kappa shape index (κ1) is 11.6. The number of ether oxygens (including phenoxy) is 1. The molecule has 0 bridgehead atoms. The zero-order valence-corrected chi connectivity index (χ0v) is 9.53. The maximum absolute atomic E-state index is 13.1. The normalized spacial score (nSPS) is 20.5. The molecule has 5 nitrogen and oxygen atoms in total. The number of rotatable bonds is 2. The summed E-state index contributed by atoms with van der Waals surface area (Å²) >= 11 is 0. The summed E-state index contributed by atoms with van der Waals surface area (Å²) in [5.74, 6) is -0.386. The Morgan fingerprint density at radius 2 is 2.35 bits per heavy atom. The molecule has 2 rings (SSSR count). The lowest BCUT2D eigenvalue weighted by Crippen LogP contribution is -2.38. The van der Waals surface area contributed by atoms with E-state index in [1.165, 1.54) is 12.1 Å². The highest BCUT2D eigenvalue weighted by Gasteiger charge is 2.42. The van der Waals surface area contributed by atoms with E-state index in [1.54, 1.807) is 0 Å². The lowest BCUT2D eigenvalue weighted by atomic mass is 9.90. The molecular formula is C11H13FN2O3. The number of pyridine rings is 1. The van der Waals surface area contributed by atoms with Crippen LogP contribution in [0.4, 0.5) is 9.18 Å². The van der Waals surface area contributed by atoms with Crippen LogP contribution in [0.3, 0.4) is 0 Å². The molecule has 0 aliphatic carbocycles. The monoisotopic (exact) mass is 240 g/mol. The molecule has 2 N–H and O–H groups in total. The van der Waals surface area contributed by atoms with E-state index >= 15 is 0 Å². The van der Waals surface area contributed by atoms with E-state index in [-0.39, 0.29) is 12.5 Å². The zero-order valence-electron chi connectivity index (χ0n) is 9.53. The fraction of sp³-hybridized carbons (Fsp3) is 0.455. The molecular weight excluding hydrogens is 227 g/mol. The molecule has 0 fully saturated rings. The first-order valence-corrected chi connectivity index (χ1v) is 5.22. The predicted octanol–water partition coefficient (Wildman–Crippen LogP) is 1.74. The van der Waals surface area contributed by atoms with Crippen molar-refractivity contribution < 1.29 is 19.0 Å². The van der Waals surface area contributed by atoms with Crippen LogP contribution in [0.25, 0.3) is 0 Å². The Balaban J connectivity index is 2.30. The molecule has 17 heavy (non-hydrogen) atoms. The Morgan fingerprint density at radius 3 is 3.00 bits per heavy atom. The van der Waals surface area contributed by atoms with Gasteiger partial charge in [0.05, 0.1) is 11.6 Å². The van der Waals surface area contributed by atoms with Crippen molar-refractivity contribution in [1.82, 2.24) is 10.3 Å². The zero-order chi connectivity index (χ0) is 12.6. The molecule has 1 atom stereocenters. The largest absolute Gasteiger partial charge is 0.485 e. The molecule has 1 aliphatic heterocycles. The standard InChI is InChI=1S/C11H13FN2O3/c1-11(2)6(5-13-10(15)16)9-7(17-11)3-4-8(12)14-9/h3-4,6,13H,5H2,1-2H3,(H,15,16). The molecule has 1 amide bonds. The van der Waals surface area contributed by atoms with Crippen LogP contribution in [0, 0.1) is 5.95 Å². The SMILES string of the molecule is CC1(C)Oc2ccc(F)nc2C1CNC(=O)O. The van der Waals surface area contributed by atoms with Gasteiger partial charge in [0.15, 0.2) is 0 Å². The average Bonchev–Trinajstić information content (AvgIpc) is 2.45. The van der Waals surface area contributed by atoms with Crippen LogP contribution < -0.4 is 10.1 Å². The van der Waals surface area contributed by atoms with Crippen LogP contribution in [-0.2, 0) is 0 Å². The number of carbonyl (C=O) groups is 1. The fourth-order valence-corrected chi connectivity index (χ4v) is 1.99. The van der Waals surface area contributed by atoms with Crippen molar-refractivity contribution in [2.24, 2.45) is 0 Å². The highest BCUT2D eigenvalue weighted by atomic mass is 19.1. The van der Waals surface area contributed by atoms with E-state index < -0.39 is 17.6 Å². The van der Waals surface area contributed by atoms with Crippen LogP contribution in [-0.4, -0.2) is 28.3 Å². The third kappa shape index (κ3) is 2.15. The van der Waals surface area contributed by atoms with Gasteiger partial charge in [-0.2, -0.15) is 4.39 Å². The minimum absolute atomic E-state index is 0.145. The summed E-state index contributed by atoms with van der Waals surface area (Å²) in [6, 6.07) is 2.74. The summed E-state index contributed by atoms with van der Waals surface area (Å²) in [6.07, 6.45) is -1.12. The van der Waals surface area contributed by atoms with Gasteiger partial charge in [-0.25, -0.2) is 9.78 Å². The van der Waals surface area contributed by atoms with Crippen LogP contribution >= 0.6 is 0 Å². The van der Waals surface area contributed by atoms with E-state index in [4.69, 9.17) is 9.84 Å². The molecule has 0 saturated heterocycles. The number of nitrogens with zero attached hydrogens (tertiary/aromatic N) is 1. The van der Waals surface area contributed by atoms with Gasteiger partial charge in [-0.1, -0.05) is 0 Å². The Hall–Kier alpha value is -1.85. The first-order valence-electron chi connectivity index (χ1n) is 5.22. The number of aromatic nitrogens is 1. The molecule has 0 spiro atoms. The summed E-state index contributed by atoms with van der Waals surface area (Å²) in [6.45, 7) is 3.79. The van der Waals surface area contributed by atoms with Crippen LogP contribution in [0.15, 0.2) is 12.1 Å². The van der Waals surface area contributed by atoms with Crippen molar-refractivity contribution in [2.45, 2.75) is 25.4 Å². The molecule has 0 aromatic carbocycles. The molecule has 0 saturated carbocycles. The average molecular weight is 240 g/mol. The van der Waals surface area contributed by atoms with Crippen molar-refractivity contribution in [1.29, 1.82) is 0 Å². The van der Waals surface area contributed by atoms with E-state index in [1.807, 2.05) is 13.8 Å². The van der Waals surface area contributed by atoms with Crippen LogP contribution in [0.1, 0.15) is 25.5 Å². The fourth-order valence-electron chi connectivity index (χ4n) is 1.99. The summed E-state index contributed by atoms with van der Waals surface area (Å²) in [5.41, 5.74) is -0.144. The summed E-state index contributed by atoms with van der Waals surface area (Å²) in [7, 11) is 0. The molecule has 6 heteroatoms. The molecule has 92 valence electrons. The number of amides is 1. The van der Waals surface area contributed by atoms with Gasteiger partial charge in [0, 0.05) is 6.54 Å². The van der Waals surface area contributed by atoms with Gasteiger partial charge in [0.1, 0.15) is 11.4 Å². The molecule has 0 radical (unpaired) electrons. The highest BCUT2D eigenvalue weighted by Crippen LogP contribution is 2.42. The number of fused-ring (bicyclic) bond motifs is 1. The van der Waals surface area contributed by atoms with Gasteiger partial charge >= 0.3 is 6.09 Å². The second kappa shape index (κ2) is 3.87. The third-order valence-electron chi connectivity index (χ3n) is 2.85. The minimum Gasteiger partial charge on any atom is -0.485 e. The summed E-state index contributed by atoms with van der Waals surface area (Å²) < 4.78 is 18.7. The Morgan fingerprint density at radius 1 is 1.65 bits per heavy atom. The lowest BCUT2D eigenvalue weighted by Gasteiger charge is -2.25. The second-order valence-corrected chi connectivity index (χ2v) is 4.46. The van der Waals surface area contributed by atoms with E-state index in [0.717, 1.165) is 0 Å². The Kier molecular flexibility index (Phi) is 2.65. The smallest absolute Gasteiger partial charge is 0.404 e. The summed E-state index contributed by atoms with van der Waals surface area (Å²) in [5, 5.41) is 10.9. The quantitative estimate of drug-likeness (QED) is 0.772. The number of halogens is 1. The van der Waals surface area contributed by atoms with E-state index in [0.29, 0.717) is 11.4 Å². The van der Waals surface area contributed by atoms with E-state index in [2.05, 4.69) is 10.3 Å². The van der Waals surface area contributed by atoms with Gasteiger partial charge in [-0.3, -0.25) is 0 Å².